The molecule has 178 valence electrons. The van der Waals surface area contributed by atoms with Gasteiger partial charge in [0.2, 0.25) is 0 Å². The van der Waals surface area contributed by atoms with E-state index >= 15 is 0 Å². The first-order chi connectivity index (χ1) is 16.2. The third-order valence-electron chi connectivity index (χ3n) is 5.31. The first-order valence-electron chi connectivity index (χ1n) is 10.6. The molecular weight excluding hydrogens is 451 g/mol. The van der Waals surface area contributed by atoms with Crippen LogP contribution in [0.4, 0.5) is 19.0 Å². The molecule has 0 saturated heterocycles. The van der Waals surface area contributed by atoms with E-state index in [1.807, 2.05) is 13.0 Å². The average molecular weight is 473 g/mol. The van der Waals surface area contributed by atoms with Gasteiger partial charge >= 0.3 is 12.3 Å². The number of aromatic nitrogens is 2. The summed E-state index contributed by atoms with van der Waals surface area (Å²) >= 11 is 0. The van der Waals surface area contributed by atoms with Gasteiger partial charge in [-0.2, -0.15) is 0 Å². The Labute approximate surface area is 193 Å². The number of hydrogen-bond acceptors (Lipinski definition) is 6. The summed E-state index contributed by atoms with van der Waals surface area (Å²) in [5.74, 6) is -0.634. The molecule has 0 aliphatic heterocycles. The van der Waals surface area contributed by atoms with Gasteiger partial charge in [0.25, 0.3) is 0 Å². The van der Waals surface area contributed by atoms with Crippen LogP contribution in [0.25, 0.3) is 11.3 Å². The highest BCUT2D eigenvalue weighted by molar-refractivity contribution is 5.75. The molecule has 0 bridgehead atoms. The van der Waals surface area contributed by atoms with Crippen LogP contribution in [0.15, 0.2) is 54.7 Å². The Kier molecular flexibility index (Phi) is 6.58. The largest absolute Gasteiger partial charge is 0.573 e. The van der Waals surface area contributed by atoms with Crippen LogP contribution in [0.5, 0.6) is 11.5 Å². The van der Waals surface area contributed by atoms with Crippen LogP contribution in [0, 0.1) is 5.92 Å². The van der Waals surface area contributed by atoms with E-state index in [4.69, 9.17) is 4.74 Å². The Morgan fingerprint density at radius 1 is 1.21 bits per heavy atom. The summed E-state index contributed by atoms with van der Waals surface area (Å²) in [5.41, 5.74) is 2.62. The van der Waals surface area contributed by atoms with Gasteiger partial charge in [0.1, 0.15) is 17.3 Å². The molecule has 0 amide bonds. The molecule has 4 rings (SSSR count). The van der Waals surface area contributed by atoms with Crippen molar-refractivity contribution in [3.8, 4) is 22.8 Å². The molecular formula is C24H22F3N3O4. The summed E-state index contributed by atoms with van der Waals surface area (Å²) in [4.78, 5) is 20.3. The predicted molar refractivity (Wildman–Crippen MR) is 118 cm³/mol. The van der Waals surface area contributed by atoms with E-state index in [2.05, 4.69) is 20.0 Å². The zero-order chi connectivity index (χ0) is 24.3. The minimum Gasteiger partial charge on any atom is -0.492 e. The second kappa shape index (κ2) is 9.58. The minimum atomic E-state index is -4.74. The number of halogens is 3. The zero-order valence-electron chi connectivity index (χ0n) is 18.2. The quantitative estimate of drug-likeness (QED) is 0.439. The topological polar surface area (TPSA) is 93.6 Å². The Balaban J connectivity index is 1.45. The lowest BCUT2D eigenvalue weighted by Crippen LogP contribution is -2.17. The van der Waals surface area contributed by atoms with Crippen molar-refractivity contribution in [3.63, 3.8) is 0 Å². The Hall–Kier alpha value is -3.82. The first-order valence-corrected chi connectivity index (χ1v) is 10.6. The van der Waals surface area contributed by atoms with Crippen molar-refractivity contribution < 1.29 is 32.5 Å². The molecule has 2 atom stereocenters. The van der Waals surface area contributed by atoms with Crippen molar-refractivity contribution in [1.82, 2.24) is 9.97 Å². The van der Waals surface area contributed by atoms with E-state index in [0.29, 0.717) is 41.5 Å². The molecule has 2 aromatic heterocycles. The number of ether oxygens (including phenoxy) is 2. The number of hydrogen-bond donors (Lipinski definition) is 2. The molecule has 0 unspecified atom stereocenters. The fourth-order valence-corrected chi connectivity index (χ4v) is 3.63. The number of carbonyl (C=O) groups is 1. The lowest BCUT2D eigenvalue weighted by Gasteiger charge is -2.12. The number of pyridine rings is 2. The van der Waals surface area contributed by atoms with E-state index in [1.54, 1.807) is 30.5 Å². The molecule has 7 nitrogen and oxygen atoms in total. The summed E-state index contributed by atoms with van der Waals surface area (Å²) in [6.07, 6.45) is -2.59. The maximum atomic E-state index is 12.4. The number of rotatable bonds is 9. The summed E-state index contributed by atoms with van der Waals surface area (Å²) in [6, 6.07) is 12.8. The number of aliphatic carboxylic acids is 1. The van der Waals surface area contributed by atoms with E-state index in [-0.39, 0.29) is 18.2 Å². The zero-order valence-corrected chi connectivity index (χ0v) is 18.2. The lowest BCUT2D eigenvalue weighted by atomic mass is 10.1. The third kappa shape index (κ3) is 5.75. The molecule has 1 aliphatic carbocycles. The van der Waals surface area contributed by atoms with Crippen LogP contribution in [0.1, 0.15) is 30.5 Å². The van der Waals surface area contributed by atoms with Crippen LogP contribution in [-0.4, -0.2) is 34.0 Å². The maximum Gasteiger partial charge on any atom is 0.573 e. The van der Waals surface area contributed by atoms with Gasteiger partial charge in [-0.1, -0.05) is 12.1 Å². The van der Waals surface area contributed by atoms with Gasteiger partial charge in [0, 0.05) is 24.2 Å². The van der Waals surface area contributed by atoms with Gasteiger partial charge in [-0.05, 0) is 55.3 Å². The number of anilines is 1. The van der Waals surface area contributed by atoms with Gasteiger partial charge in [0.15, 0.2) is 0 Å². The molecule has 1 saturated carbocycles. The van der Waals surface area contributed by atoms with Gasteiger partial charge in [0.05, 0.1) is 23.9 Å². The Morgan fingerprint density at radius 3 is 2.68 bits per heavy atom. The van der Waals surface area contributed by atoms with Crippen LogP contribution in [-0.2, 0) is 11.3 Å². The smallest absolute Gasteiger partial charge is 0.492 e. The van der Waals surface area contributed by atoms with Gasteiger partial charge in [-0.3, -0.25) is 4.79 Å². The molecule has 0 spiro atoms. The normalized spacial score (nSPS) is 17.2. The molecule has 1 aliphatic rings. The number of carboxylic acids is 1. The summed E-state index contributed by atoms with van der Waals surface area (Å²) < 4.78 is 46.8. The highest BCUT2D eigenvalue weighted by Gasteiger charge is 2.46. The van der Waals surface area contributed by atoms with E-state index in [0.717, 1.165) is 5.56 Å². The molecule has 1 fully saturated rings. The standard InChI is InChI=1S/C24H22F3N3O4/c1-2-33-20-8-7-19(30-22(20)17-11-18(17)23(31)32)15-6-9-21(29-13-15)28-12-14-4-3-5-16(10-14)34-24(25,26)27/h3-10,13,17-18H,2,11-12H2,1H3,(H,28,29)(H,31,32)/t17-,18-/m1/s1. The molecule has 0 radical (unpaired) electrons. The number of nitrogens with one attached hydrogen (secondary N) is 1. The molecule has 2 N–H and O–H groups in total. The maximum absolute atomic E-state index is 12.4. The number of benzene rings is 1. The molecule has 2 heterocycles. The second-order valence-corrected chi connectivity index (χ2v) is 7.78. The van der Waals surface area contributed by atoms with Crippen LogP contribution < -0.4 is 14.8 Å². The van der Waals surface area contributed by atoms with Crippen molar-refractivity contribution in [1.29, 1.82) is 0 Å². The first kappa shape index (κ1) is 23.3. The predicted octanol–water partition coefficient (Wildman–Crippen LogP) is 5.24. The van der Waals surface area contributed by atoms with Gasteiger partial charge in [-0.25, -0.2) is 9.97 Å². The van der Waals surface area contributed by atoms with Gasteiger partial charge in [-0.15, -0.1) is 13.2 Å². The number of alkyl halides is 3. The lowest BCUT2D eigenvalue weighted by molar-refractivity contribution is -0.274. The van der Waals surface area contributed by atoms with Crippen LogP contribution in [0.3, 0.4) is 0 Å². The number of nitrogens with zero attached hydrogens (tertiary/aromatic N) is 2. The van der Waals surface area contributed by atoms with E-state index in [1.165, 1.54) is 18.2 Å². The SMILES string of the molecule is CCOc1ccc(-c2ccc(NCc3cccc(OC(F)(F)F)c3)nc2)nc1[C@@H]1C[C@H]1C(=O)O. The molecule has 10 heteroatoms. The highest BCUT2D eigenvalue weighted by Crippen LogP contribution is 2.50. The summed E-state index contributed by atoms with van der Waals surface area (Å²) in [7, 11) is 0. The third-order valence-corrected chi connectivity index (χ3v) is 5.31. The van der Waals surface area contributed by atoms with Crippen molar-refractivity contribution in [3.05, 3.63) is 66.0 Å². The molecule has 1 aromatic carbocycles. The monoisotopic (exact) mass is 473 g/mol. The van der Waals surface area contributed by atoms with E-state index < -0.39 is 18.2 Å². The Bertz CT molecular complexity index is 1170. The summed E-state index contributed by atoms with van der Waals surface area (Å²) in [5, 5.41) is 12.3. The van der Waals surface area contributed by atoms with Crippen LogP contribution >= 0.6 is 0 Å². The van der Waals surface area contributed by atoms with Crippen molar-refractivity contribution in [2.24, 2.45) is 5.92 Å². The fraction of sp³-hybridized carbons (Fsp3) is 0.292. The molecule has 3 aromatic rings. The van der Waals surface area contributed by atoms with Crippen molar-refractivity contribution in [2.75, 3.05) is 11.9 Å². The average Bonchev–Trinajstić information content (AvgIpc) is 3.59. The second-order valence-electron chi connectivity index (χ2n) is 7.78. The highest BCUT2D eigenvalue weighted by atomic mass is 19.4. The minimum absolute atomic E-state index is 0.176. The van der Waals surface area contributed by atoms with Crippen molar-refractivity contribution in [2.45, 2.75) is 32.2 Å². The fourth-order valence-electron chi connectivity index (χ4n) is 3.63. The molecule has 34 heavy (non-hydrogen) atoms. The summed E-state index contributed by atoms with van der Waals surface area (Å²) in [6.45, 7) is 2.56. The van der Waals surface area contributed by atoms with Crippen molar-refractivity contribution >= 4 is 11.8 Å². The Morgan fingerprint density at radius 2 is 2.03 bits per heavy atom. The van der Waals surface area contributed by atoms with Gasteiger partial charge < -0.3 is 19.9 Å². The van der Waals surface area contributed by atoms with Crippen LogP contribution in [0.2, 0.25) is 0 Å². The van der Waals surface area contributed by atoms with E-state index in [9.17, 15) is 23.1 Å². The number of carboxylic acid groups (broad SMARTS) is 1.